The minimum Gasteiger partial charge on any atom is -0.342 e. The van der Waals surface area contributed by atoms with Gasteiger partial charge in [0, 0.05) is 16.3 Å². The van der Waals surface area contributed by atoms with Crippen LogP contribution in [0.2, 0.25) is 5.02 Å². The van der Waals surface area contributed by atoms with E-state index in [-0.39, 0.29) is 5.91 Å². The smallest absolute Gasteiger partial charge is 0.272 e. The topological polar surface area (TPSA) is 34.0 Å². The molecule has 2 aromatic rings. The van der Waals surface area contributed by atoms with Gasteiger partial charge in [-0.2, -0.15) is 0 Å². The molecule has 1 aromatic carbocycles. The summed E-state index contributed by atoms with van der Waals surface area (Å²) >= 11 is 8.11. The number of benzene rings is 1. The molecule has 1 amide bonds. The second kappa shape index (κ2) is 5.75. The van der Waals surface area contributed by atoms with Crippen LogP contribution < -0.4 is 5.32 Å². The van der Waals surface area contributed by atoms with Crippen LogP contribution in [0.4, 0.5) is 5.69 Å². The van der Waals surface area contributed by atoms with Crippen molar-refractivity contribution in [2.24, 2.45) is 0 Å². The van der Waals surface area contributed by atoms with Crippen LogP contribution in [0.1, 0.15) is 17.4 Å². The number of nitrogens with one attached hydrogen (secondary N) is 1. The molecule has 18 heavy (non-hydrogen) atoms. The average Bonchev–Trinajstić information content (AvgIpc) is 2.73. The average molecular weight is 375 g/mol. The van der Waals surface area contributed by atoms with Gasteiger partial charge in [0.15, 0.2) is 0 Å². The molecular formula is C13H12ClIN2O. The molecule has 2 rings (SSSR count). The van der Waals surface area contributed by atoms with Crippen molar-refractivity contribution in [3.05, 3.63) is 50.8 Å². The van der Waals surface area contributed by atoms with Gasteiger partial charge < -0.3 is 9.88 Å². The summed E-state index contributed by atoms with van der Waals surface area (Å²) in [6, 6.07) is 9.32. The van der Waals surface area contributed by atoms with Crippen LogP contribution in [0.25, 0.3) is 0 Å². The lowest BCUT2D eigenvalue weighted by Crippen LogP contribution is -2.16. The third-order valence-corrected chi connectivity index (χ3v) is 3.71. The number of hydrogen-bond donors (Lipinski definition) is 1. The Bertz CT molecular complexity index is 580. The Labute approximate surface area is 124 Å². The van der Waals surface area contributed by atoms with Gasteiger partial charge >= 0.3 is 0 Å². The lowest BCUT2D eigenvalue weighted by molar-refractivity contribution is 0.101. The lowest BCUT2D eigenvalue weighted by Gasteiger charge is -2.08. The quantitative estimate of drug-likeness (QED) is 0.809. The molecule has 0 saturated carbocycles. The van der Waals surface area contributed by atoms with Gasteiger partial charge in [0.2, 0.25) is 0 Å². The zero-order chi connectivity index (χ0) is 13.1. The molecule has 0 radical (unpaired) electrons. The van der Waals surface area contributed by atoms with Crippen molar-refractivity contribution in [2.45, 2.75) is 13.5 Å². The highest BCUT2D eigenvalue weighted by molar-refractivity contribution is 14.1. The number of anilines is 1. The second-order valence-electron chi connectivity index (χ2n) is 3.76. The zero-order valence-corrected chi connectivity index (χ0v) is 12.7. The molecule has 5 heteroatoms. The molecule has 3 nitrogen and oxygen atoms in total. The summed E-state index contributed by atoms with van der Waals surface area (Å²) in [5.41, 5.74) is 1.38. The molecule has 1 aromatic heterocycles. The van der Waals surface area contributed by atoms with E-state index in [0.29, 0.717) is 17.3 Å². The van der Waals surface area contributed by atoms with E-state index in [2.05, 4.69) is 27.9 Å². The fraction of sp³-hybridized carbons (Fsp3) is 0.154. The predicted molar refractivity (Wildman–Crippen MR) is 82.2 cm³/mol. The Morgan fingerprint density at radius 1 is 1.44 bits per heavy atom. The minimum atomic E-state index is -0.145. The molecule has 0 fully saturated rings. The second-order valence-corrected chi connectivity index (χ2v) is 5.36. The third kappa shape index (κ3) is 2.87. The summed E-state index contributed by atoms with van der Waals surface area (Å²) in [6.07, 6.45) is 1.76. The number of rotatable bonds is 3. The number of carbonyl (C=O) groups is 1. The molecule has 0 bridgehead atoms. The Morgan fingerprint density at radius 3 is 2.83 bits per heavy atom. The van der Waals surface area contributed by atoms with Gasteiger partial charge in [-0.15, -0.1) is 0 Å². The van der Waals surface area contributed by atoms with Crippen molar-refractivity contribution >= 4 is 45.8 Å². The monoisotopic (exact) mass is 374 g/mol. The summed E-state index contributed by atoms with van der Waals surface area (Å²) in [5.74, 6) is -0.145. The number of hydrogen-bond acceptors (Lipinski definition) is 1. The van der Waals surface area contributed by atoms with Crippen LogP contribution in [-0.4, -0.2) is 10.5 Å². The number of aromatic nitrogens is 1. The van der Waals surface area contributed by atoms with Gasteiger partial charge in [0.05, 0.1) is 10.7 Å². The Balaban J connectivity index is 2.25. The van der Waals surface area contributed by atoms with E-state index in [9.17, 15) is 4.79 Å². The first kappa shape index (κ1) is 13.4. The Kier molecular flexibility index (Phi) is 4.29. The molecular weight excluding hydrogens is 363 g/mol. The fourth-order valence-electron chi connectivity index (χ4n) is 1.68. The lowest BCUT2D eigenvalue weighted by atomic mass is 10.3. The maximum Gasteiger partial charge on any atom is 0.272 e. The molecule has 0 aliphatic rings. The largest absolute Gasteiger partial charge is 0.342 e. The van der Waals surface area contributed by atoms with Crippen LogP contribution in [-0.2, 0) is 6.54 Å². The van der Waals surface area contributed by atoms with Crippen molar-refractivity contribution in [2.75, 3.05) is 5.32 Å². The van der Waals surface area contributed by atoms with E-state index in [1.165, 1.54) is 0 Å². The number of amides is 1. The van der Waals surface area contributed by atoms with E-state index in [1.54, 1.807) is 12.3 Å². The van der Waals surface area contributed by atoms with Crippen LogP contribution in [0, 0.1) is 3.57 Å². The van der Waals surface area contributed by atoms with Crippen molar-refractivity contribution < 1.29 is 4.79 Å². The van der Waals surface area contributed by atoms with E-state index >= 15 is 0 Å². The first-order chi connectivity index (χ1) is 8.61. The molecule has 0 unspecified atom stereocenters. The van der Waals surface area contributed by atoms with Crippen molar-refractivity contribution in [1.29, 1.82) is 0 Å². The summed E-state index contributed by atoms with van der Waals surface area (Å²) in [7, 11) is 0. The molecule has 0 atom stereocenters. The van der Waals surface area contributed by atoms with Gasteiger partial charge in [-0.3, -0.25) is 4.79 Å². The highest BCUT2D eigenvalue weighted by Gasteiger charge is 2.13. The third-order valence-electron chi connectivity index (χ3n) is 2.56. The highest BCUT2D eigenvalue weighted by Crippen LogP contribution is 2.20. The maximum absolute atomic E-state index is 12.2. The minimum absolute atomic E-state index is 0.145. The summed E-state index contributed by atoms with van der Waals surface area (Å²) in [5, 5.41) is 3.46. The van der Waals surface area contributed by atoms with E-state index < -0.39 is 0 Å². The van der Waals surface area contributed by atoms with Crippen molar-refractivity contribution in [3.8, 4) is 0 Å². The van der Waals surface area contributed by atoms with Gasteiger partial charge in [0.1, 0.15) is 5.69 Å². The van der Waals surface area contributed by atoms with Gasteiger partial charge in [-0.05, 0) is 47.7 Å². The van der Waals surface area contributed by atoms with E-state index in [0.717, 1.165) is 9.26 Å². The number of halogens is 2. The highest BCUT2D eigenvalue weighted by atomic mass is 127. The fourth-order valence-corrected chi connectivity index (χ4v) is 2.42. The first-order valence-corrected chi connectivity index (χ1v) is 6.99. The van der Waals surface area contributed by atoms with Crippen molar-refractivity contribution in [3.63, 3.8) is 0 Å². The first-order valence-electron chi connectivity index (χ1n) is 5.53. The van der Waals surface area contributed by atoms with Gasteiger partial charge in [-0.1, -0.05) is 23.7 Å². The molecule has 94 valence electrons. The Morgan fingerprint density at radius 2 is 2.17 bits per heavy atom. The van der Waals surface area contributed by atoms with E-state index in [1.807, 2.05) is 35.8 Å². The van der Waals surface area contributed by atoms with Crippen LogP contribution in [0.15, 0.2) is 36.5 Å². The number of para-hydroxylation sites is 1. The normalized spacial score (nSPS) is 10.4. The van der Waals surface area contributed by atoms with Crippen LogP contribution in [0.5, 0.6) is 0 Å². The van der Waals surface area contributed by atoms with Gasteiger partial charge in [0.25, 0.3) is 5.91 Å². The van der Waals surface area contributed by atoms with Crippen LogP contribution >= 0.6 is 34.2 Å². The molecule has 1 heterocycles. The maximum atomic E-state index is 12.2. The van der Waals surface area contributed by atoms with Crippen molar-refractivity contribution in [1.82, 2.24) is 4.57 Å². The number of carbonyl (C=O) groups excluding carboxylic acids is 1. The summed E-state index contributed by atoms with van der Waals surface area (Å²) in [4.78, 5) is 12.2. The molecule has 0 saturated heterocycles. The van der Waals surface area contributed by atoms with E-state index in [4.69, 9.17) is 11.6 Å². The molecule has 0 spiro atoms. The number of aryl methyl sites for hydroxylation is 1. The molecule has 0 aliphatic heterocycles. The predicted octanol–water partition coefficient (Wildman–Crippen LogP) is 4.02. The number of nitrogens with zero attached hydrogens (tertiary/aromatic N) is 1. The van der Waals surface area contributed by atoms with Crippen LogP contribution in [0.3, 0.4) is 0 Å². The molecule has 0 aliphatic carbocycles. The summed E-state index contributed by atoms with van der Waals surface area (Å²) < 4.78 is 2.83. The zero-order valence-electron chi connectivity index (χ0n) is 9.78. The SMILES string of the molecule is CCn1cc(Cl)cc1C(=O)Nc1ccccc1I. The molecule has 1 N–H and O–H groups in total. The standard InChI is InChI=1S/C13H12ClIN2O/c1-2-17-8-9(14)7-12(17)13(18)16-11-6-4-3-5-10(11)15/h3-8H,2H2,1H3,(H,16,18). The summed E-state index contributed by atoms with van der Waals surface area (Å²) in [6.45, 7) is 2.68. The van der Waals surface area contributed by atoms with Gasteiger partial charge in [-0.25, -0.2) is 0 Å². The Hall–Kier alpha value is -1.01.